The number of nitrogens with zero attached hydrogens (tertiary/aromatic N) is 2. The molecule has 0 fully saturated rings. The van der Waals surface area contributed by atoms with Gasteiger partial charge in [-0.15, -0.1) is 10.2 Å². The molecule has 0 saturated heterocycles. The van der Waals surface area contributed by atoms with Crippen molar-refractivity contribution in [3.05, 3.63) is 35.4 Å². The number of nitrogen functional groups attached to an aromatic ring is 1. The minimum absolute atomic E-state index is 0.0179. The summed E-state index contributed by atoms with van der Waals surface area (Å²) in [5.41, 5.74) is 7.95. The van der Waals surface area contributed by atoms with Crippen LogP contribution in [-0.2, 0) is 11.2 Å². The lowest BCUT2D eigenvalue weighted by atomic mass is 10.00. The van der Waals surface area contributed by atoms with Gasteiger partial charge in [0.05, 0.1) is 11.8 Å². The lowest BCUT2D eigenvalue weighted by Crippen LogP contribution is -2.28. The second kappa shape index (κ2) is 8.31. The third kappa shape index (κ3) is 5.84. The summed E-state index contributed by atoms with van der Waals surface area (Å²) < 4.78 is 0.711. The van der Waals surface area contributed by atoms with E-state index in [-0.39, 0.29) is 11.9 Å². The Bertz CT molecular complexity index is 640. The fraction of sp³-hybridized carbons (Fsp3) is 0.438. The lowest BCUT2D eigenvalue weighted by molar-refractivity contribution is -0.119. The number of amides is 1. The Morgan fingerprint density at radius 3 is 2.52 bits per heavy atom. The molecule has 0 saturated carbocycles. The van der Waals surface area contributed by atoms with Crippen LogP contribution in [0.2, 0.25) is 0 Å². The van der Waals surface area contributed by atoms with Gasteiger partial charge in [-0.25, -0.2) is 0 Å². The van der Waals surface area contributed by atoms with E-state index in [0.717, 1.165) is 12.0 Å². The highest BCUT2D eigenvalue weighted by Crippen LogP contribution is 2.23. The van der Waals surface area contributed by atoms with Gasteiger partial charge in [0.25, 0.3) is 0 Å². The second-order valence-corrected chi connectivity index (χ2v) is 8.06. The molecule has 2 aromatic rings. The highest BCUT2D eigenvalue weighted by molar-refractivity contribution is 8.01. The zero-order chi connectivity index (χ0) is 16.8. The van der Waals surface area contributed by atoms with Crippen molar-refractivity contribution < 1.29 is 4.79 Å². The molecular formula is C16H22N4OS2. The van der Waals surface area contributed by atoms with Crippen LogP contribution in [0.4, 0.5) is 5.13 Å². The standard InChI is InChI=1S/C16H22N4OS2/c1-10(2)8-12-4-6-13(7-5-12)11(3)18-14(21)9-22-16-20-19-15(17)23-16/h4-7,10-11H,8-9H2,1-3H3,(H2,17,19)(H,18,21)/t11-/m1/s1. The van der Waals surface area contributed by atoms with Gasteiger partial charge < -0.3 is 11.1 Å². The molecule has 2 rings (SSSR count). The van der Waals surface area contributed by atoms with Gasteiger partial charge in [0.2, 0.25) is 11.0 Å². The summed E-state index contributed by atoms with van der Waals surface area (Å²) in [4.78, 5) is 12.0. The Kier molecular flexibility index (Phi) is 6.41. The van der Waals surface area contributed by atoms with E-state index in [1.165, 1.54) is 28.7 Å². The van der Waals surface area contributed by atoms with Crippen LogP contribution >= 0.6 is 23.1 Å². The summed E-state index contributed by atoms with van der Waals surface area (Å²) in [5.74, 6) is 0.927. The van der Waals surface area contributed by atoms with Gasteiger partial charge in [-0.05, 0) is 30.4 Å². The number of carbonyl (C=O) groups is 1. The minimum atomic E-state index is -0.0254. The number of rotatable bonds is 7. The van der Waals surface area contributed by atoms with Crippen molar-refractivity contribution in [2.45, 2.75) is 37.6 Å². The van der Waals surface area contributed by atoms with Crippen molar-refractivity contribution in [2.24, 2.45) is 5.92 Å². The van der Waals surface area contributed by atoms with E-state index in [1.54, 1.807) is 0 Å². The van der Waals surface area contributed by atoms with Crippen molar-refractivity contribution in [3.8, 4) is 0 Å². The molecule has 7 heteroatoms. The predicted molar refractivity (Wildman–Crippen MR) is 96.6 cm³/mol. The summed E-state index contributed by atoms with van der Waals surface area (Å²) in [5, 5.41) is 11.0. The zero-order valence-corrected chi connectivity index (χ0v) is 15.2. The maximum absolute atomic E-state index is 12.0. The van der Waals surface area contributed by atoms with Crippen molar-refractivity contribution in [2.75, 3.05) is 11.5 Å². The molecule has 0 aliphatic carbocycles. The van der Waals surface area contributed by atoms with Crippen LogP contribution in [0.5, 0.6) is 0 Å². The van der Waals surface area contributed by atoms with E-state index in [4.69, 9.17) is 5.73 Å². The van der Waals surface area contributed by atoms with Gasteiger partial charge >= 0.3 is 0 Å². The number of nitrogens with one attached hydrogen (secondary N) is 1. The highest BCUT2D eigenvalue weighted by Gasteiger charge is 2.11. The fourth-order valence-electron chi connectivity index (χ4n) is 2.19. The molecule has 0 bridgehead atoms. The molecule has 124 valence electrons. The number of hydrogen-bond acceptors (Lipinski definition) is 6. The van der Waals surface area contributed by atoms with Crippen LogP contribution in [0.15, 0.2) is 28.6 Å². The van der Waals surface area contributed by atoms with E-state index in [2.05, 4.69) is 53.6 Å². The molecule has 1 atom stereocenters. The third-order valence-corrected chi connectivity index (χ3v) is 5.14. The van der Waals surface area contributed by atoms with Crippen molar-refractivity contribution in [1.82, 2.24) is 15.5 Å². The lowest BCUT2D eigenvalue weighted by Gasteiger charge is -2.15. The third-order valence-electron chi connectivity index (χ3n) is 3.25. The molecule has 1 amide bonds. The van der Waals surface area contributed by atoms with E-state index >= 15 is 0 Å². The average Bonchev–Trinajstić information content (AvgIpc) is 2.91. The van der Waals surface area contributed by atoms with Crippen molar-refractivity contribution >= 4 is 34.1 Å². The van der Waals surface area contributed by atoms with Crippen LogP contribution in [0, 0.1) is 5.92 Å². The van der Waals surface area contributed by atoms with Crippen LogP contribution in [0.3, 0.4) is 0 Å². The number of aromatic nitrogens is 2. The number of benzene rings is 1. The van der Waals surface area contributed by atoms with E-state index < -0.39 is 0 Å². The van der Waals surface area contributed by atoms with Crippen LogP contribution in [0.1, 0.15) is 37.9 Å². The fourth-order valence-corrected chi connectivity index (χ4v) is 3.63. The van der Waals surface area contributed by atoms with Gasteiger partial charge in [-0.1, -0.05) is 61.2 Å². The Morgan fingerprint density at radius 2 is 1.96 bits per heavy atom. The SMILES string of the molecule is CC(C)Cc1ccc([C@@H](C)NC(=O)CSc2nnc(N)s2)cc1. The summed E-state index contributed by atoms with van der Waals surface area (Å²) in [6.45, 7) is 6.41. The molecule has 1 aromatic heterocycles. The molecular weight excluding hydrogens is 328 g/mol. The van der Waals surface area contributed by atoms with E-state index in [9.17, 15) is 4.79 Å². The van der Waals surface area contributed by atoms with E-state index in [1.807, 2.05) is 6.92 Å². The number of carbonyl (C=O) groups excluding carboxylic acids is 1. The normalized spacial score (nSPS) is 12.3. The number of anilines is 1. The van der Waals surface area contributed by atoms with Gasteiger partial charge in [0.1, 0.15) is 0 Å². The summed E-state index contributed by atoms with van der Waals surface area (Å²) in [6, 6.07) is 8.42. The minimum Gasteiger partial charge on any atom is -0.374 e. The van der Waals surface area contributed by atoms with Crippen LogP contribution in [-0.4, -0.2) is 21.9 Å². The number of thioether (sulfide) groups is 1. The molecule has 0 unspecified atom stereocenters. The van der Waals surface area contributed by atoms with Crippen molar-refractivity contribution in [1.29, 1.82) is 0 Å². The predicted octanol–water partition coefficient (Wildman–Crippen LogP) is 3.29. The first-order valence-corrected chi connectivity index (χ1v) is 9.34. The van der Waals surface area contributed by atoms with Gasteiger partial charge in [-0.2, -0.15) is 0 Å². The Hall–Kier alpha value is -1.60. The summed E-state index contributed by atoms with van der Waals surface area (Å²) >= 11 is 2.64. The van der Waals surface area contributed by atoms with Gasteiger partial charge in [0.15, 0.2) is 4.34 Å². The Balaban J connectivity index is 1.83. The first-order chi connectivity index (χ1) is 10.9. The molecule has 1 heterocycles. The molecule has 3 N–H and O–H groups in total. The number of hydrogen-bond donors (Lipinski definition) is 2. The largest absolute Gasteiger partial charge is 0.374 e. The molecule has 0 radical (unpaired) electrons. The van der Waals surface area contributed by atoms with E-state index in [0.29, 0.717) is 21.1 Å². The molecule has 5 nitrogen and oxygen atoms in total. The number of nitrogens with two attached hydrogens (primary N) is 1. The topological polar surface area (TPSA) is 80.9 Å². The molecule has 0 aliphatic rings. The maximum Gasteiger partial charge on any atom is 0.230 e. The molecule has 1 aromatic carbocycles. The monoisotopic (exact) mass is 350 g/mol. The molecule has 0 aliphatic heterocycles. The van der Waals surface area contributed by atoms with Crippen molar-refractivity contribution in [3.63, 3.8) is 0 Å². The Labute approximate surface area is 145 Å². The van der Waals surface area contributed by atoms with Crippen LogP contribution < -0.4 is 11.1 Å². The molecule has 23 heavy (non-hydrogen) atoms. The molecule has 0 spiro atoms. The van der Waals surface area contributed by atoms with Gasteiger partial charge in [0, 0.05) is 0 Å². The summed E-state index contributed by atoms with van der Waals surface area (Å²) in [6.07, 6.45) is 1.07. The second-order valence-electron chi connectivity index (χ2n) is 5.82. The van der Waals surface area contributed by atoms with Crippen LogP contribution in [0.25, 0.3) is 0 Å². The first-order valence-electron chi connectivity index (χ1n) is 7.54. The first kappa shape index (κ1) is 17.7. The highest BCUT2D eigenvalue weighted by atomic mass is 32.2. The van der Waals surface area contributed by atoms with Gasteiger partial charge in [-0.3, -0.25) is 4.79 Å². The summed E-state index contributed by atoms with van der Waals surface area (Å²) in [7, 11) is 0. The average molecular weight is 351 g/mol. The quantitative estimate of drug-likeness (QED) is 0.749. The smallest absolute Gasteiger partial charge is 0.230 e. The Morgan fingerprint density at radius 1 is 1.26 bits per heavy atom. The zero-order valence-electron chi connectivity index (χ0n) is 13.6. The maximum atomic E-state index is 12.0.